The van der Waals surface area contributed by atoms with Crippen molar-refractivity contribution in [1.82, 2.24) is 0 Å². The minimum atomic E-state index is 0.553. The van der Waals surface area contributed by atoms with Crippen molar-refractivity contribution in [2.45, 2.75) is 45.4 Å². The first-order valence-electron chi connectivity index (χ1n) is 7.92. The molecule has 2 aromatic rings. The Morgan fingerprint density at radius 1 is 0.885 bits per heavy atom. The first-order valence-corrected chi connectivity index (χ1v) is 9.52. The summed E-state index contributed by atoms with van der Waals surface area (Å²) >= 11 is 15.7. The summed E-state index contributed by atoms with van der Waals surface area (Å²) in [6.45, 7) is 6.02. The van der Waals surface area contributed by atoms with Gasteiger partial charge in [0.05, 0.1) is 0 Å². The number of unbranched alkanes of at least 4 members (excludes halogenated alkanes) is 5. The van der Waals surface area contributed by atoms with Crippen molar-refractivity contribution >= 4 is 23.2 Å². The zero-order valence-electron chi connectivity index (χ0n) is 14.7. The summed E-state index contributed by atoms with van der Waals surface area (Å²) in [4.78, 5) is 0. The maximum absolute atomic E-state index is 7.94. The molecule has 2 nitrogen and oxygen atoms in total. The molecule has 0 aromatic heterocycles. The first-order chi connectivity index (χ1) is 12.7. The van der Waals surface area contributed by atoms with Gasteiger partial charge in [-0.25, -0.2) is 0 Å². The van der Waals surface area contributed by atoms with E-state index in [0.29, 0.717) is 10.0 Å². The largest absolute Gasteiger partial charge is 0.319 e. The number of hydrogen-bond donors (Lipinski definition) is 0. The maximum atomic E-state index is 7.94. The third kappa shape index (κ3) is 28.4. The molecule has 0 N–H and O–H groups in total. The van der Waals surface area contributed by atoms with Gasteiger partial charge in [-0.2, -0.15) is 24.6 Å². The molecule has 26 heavy (non-hydrogen) atoms. The van der Waals surface area contributed by atoms with Crippen molar-refractivity contribution in [3.05, 3.63) is 77.6 Å². The minimum Gasteiger partial charge on any atom is -0.319 e. The predicted octanol–water partition coefficient (Wildman–Crippen LogP) is 7.02. The van der Waals surface area contributed by atoms with Crippen molar-refractivity contribution in [2.24, 2.45) is 0 Å². The van der Waals surface area contributed by atoms with Crippen LogP contribution in [-0.4, -0.2) is 0 Å². The first kappa shape index (κ1) is 30.4. The number of halogens is 2. The fourth-order valence-electron chi connectivity index (χ4n) is 1.50. The molecule has 6 heteroatoms. The summed E-state index contributed by atoms with van der Waals surface area (Å²) in [5.41, 5.74) is 0. The van der Waals surface area contributed by atoms with E-state index < -0.39 is 0 Å². The van der Waals surface area contributed by atoms with Crippen LogP contribution in [0, 0.1) is 25.1 Å². The molecule has 0 unspecified atom stereocenters. The van der Waals surface area contributed by atoms with Crippen LogP contribution >= 0.6 is 23.2 Å². The SMILES string of the molecule is Clc1[c-]ccc(Cl)c1.[CH2-]CCCCCCC.[O]=[Co].[O]=[Co].[c-]1cc[c-]cc1. The van der Waals surface area contributed by atoms with Crippen molar-refractivity contribution < 1.29 is 39.1 Å². The zero-order valence-corrected chi connectivity index (χ0v) is 18.3. The van der Waals surface area contributed by atoms with E-state index in [-0.39, 0.29) is 0 Å². The topological polar surface area (TPSA) is 34.1 Å². The predicted molar refractivity (Wildman–Crippen MR) is 99.5 cm³/mol. The molecule has 0 amide bonds. The number of benzene rings is 2. The van der Waals surface area contributed by atoms with Crippen LogP contribution in [0.3, 0.4) is 0 Å². The van der Waals surface area contributed by atoms with Gasteiger partial charge in [0.25, 0.3) is 0 Å². The summed E-state index contributed by atoms with van der Waals surface area (Å²) in [6, 6.07) is 20.8. The van der Waals surface area contributed by atoms with Crippen LogP contribution in [-0.2, 0) is 39.1 Å². The Morgan fingerprint density at radius 3 is 1.69 bits per heavy atom. The Kier molecular flexibility index (Phi) is 34.3. The molecule has 2 aromatic carbocycles. The molecule has 0 fully saturated rings. The molecule has 0 spiro atoms. The number of hydrogen-bond acceptors (Lipinski definition) is 2. The molecule has 0 aliphatic heterocycles. The van der Waals surface area contributed by atoms with Gasteiger partial charge >= 0.3 is 39.1 Å². The molecule has 2 rings (SSSR count). The third-order valence-electron chi connectivity index (χ3n) is 2.63. The van der Waals surface area contributed by atoms with Gasteiger partial charge < -0.3 is 19.1 Å². The van der Waals surface area contributed by atoms with Gasteiger partial charge in [0.1, 0.15) is 0 Å². The molecule has 0 saturated carbocycles. The van der Waals surface area contributed by atoms with Crippen LogP contribution < -0.4 is 0 Å². The standard InChI is InChI=1S/C8H17.C6H3Cl2.C6H4.2Co.2O/c1-3-5-7-8-6-4-2;7-5-2-1-3-6(8)4-5;1-2-4-6-5-3-1;;;;/h1,3-8H2,2H3;1-2,4H;1-2,5-6H;;;;/q2*-1;-2;;;;. The second-order valence-electron chi connectivity index (χ2n) is 4.62. The van der Waals surface area contributed by atoms with Crippen molar-refractivity contribution in [2.75, 3.05) is 0 Å². The van der Waals surface area contributed by atoms with E-state index in [1.54, 1.807) is 18.2 Å². The summed E-state index contributed by atoms with van der Waals surface area (Å²) in [5, 5.41) is 1.20. The van der Waals surface area contributed by atoms with Gasteiger partial charge in [-0.05, 0) is 0 Å². The van der Waals surface area contributed by atoms with Gasteiger partial charge in [0, 0.05) is 0 Å². The smallest absolute Gasteiger partial charge is 0.288 e. The second-order valence-corrected chi connectivity index (χ2v) is 5.47. The van der Waals surface area contributed by atoms with E-state index in [4.69, 9.17) is 30.9 Å². The molecule has 0 radical (unpaired) electrons. The summed E-state index contributed by atoms with van der Waals surface area (Å²) in [7, 11) is 0. The maximum Gasteiger partial charge on any atom is -0.288 e. The van der Waals surface area contributed by atoms with E-state index in [0.717, 1.165) is 6.42 Å². The molecule has 0 atom stereocenters. The van der Waals surface area contributed by atoms with E-state index in [1.807, 2.05) is 24.3 Å². The monoisotopic (exact) mass is 484 g/mol. The summed E-state index contributed by atoms with van der Waals surface area (Å²) in [5.74, 6) is 0. The van der Waals surface area contributed by atoms with Crippen LogP contribution in [0.4, 0.5) is 0 Å². The van der Waals surface area contributed by atoms with Gasteiger partial charge in [0.15, 0.2) is 0 Å². The van der Waals surface area contributed by atoms with Gasteiger partial charge in [0.2, 0.25) is 0 Å². The van der Waals surface area contributed by atoms with Gasteiger partial charge in [-0.3, -0.25) is 24.3 Å². The molecule has 0 heterocycles. The van der Waals surface area contributed by atoms with Crippen LogP contribution in [0.2, 0.25) is 10.0 Å². The molecule has 0 bridgehead atoms. The molecule has 152 valence electrons. The Hall–Kier alpha value is -0.367. The van der Waals surface area contributed by atoms with Gasteiger partial charge in [-0.15, -0.1) is 29.3 Å². The van der Waals surface area contributed by atoms with Crippen molar-refractivity contribution in [3.8, 4) is 0 Å². The minimum absolute atomic E-state index is 0.553. The van der Waals surface area contributed by atoms with Crippen LogP contribution in [0.1, 0.15) is 45.4 Å². The Bertz CT molecular complexity index is 436. The van der Waals surface area contributed by atoms with E-state index in [9.17, 15) is 0 Å². The average molecular weight is 485 g/mol. The Labute approximate surface area is 184 Å². The molecule has 0 saturated heterocycles. The molecular weight excluding hydrogens is 461 g/mol. The fourth-order valence-corrected chi connectivity index (χ4v) is 1.90. The van der Waals surface area contributed by atoms with E-state index in [1.165, 1.54) is 32.1 Å². The van der Waals surface area contributed by atoms with Crippen LogP contribution in [0.15, 0.2) is 42.5 Å². The normalized spacial score (nSPS) is 8.08. The summed E-state index contributed by atoms with van der Waals surface area (Å²) in [6.07, 6.45) is 7.98. The zero-order chi connectivity index (χ0) is 20.5. The Balaban J connectivity index is -0.000000280. The fraction of sp³-hybridized carbons (Fsp3) is 0.350. The van der Waals surface area contributed by atoms with E-state index in [2.05, 4.69) is 63.4 Å². The van der Waals surface area contributed by atoms with Gasteiger partial charge in [-0.1, -0.05) is 49.1 Å². The van der Waals surface area contributed by atoms with Crippen molar-refractivity contribution in [3.63, 3.8) is 0 Å². The molecule has 0 aliphatic carbocycles. The second kappa shape index (κ2) is 29.4. The number of rotatable bonds is 5. The molecule has 0 aliphatic rings. The van der Waals surface area contributed by atoms with Crippen LogP contribution in [0.25, 0.3) is 0 Å². The van der Waals surface area contributed by atoms with Crippen molar-refractivity contribution in [1.29, 1.82) is 0 Å². The average Bonchev–Trinajstić information content (AvgIpc) is 2.71. The Morgan fingerprint density at radius 2 is 1.38 bits per heavy atom. The van der Waals surface area contributed by atoms with Crippen LogP contribution in [0.5, 0.6) is 0 Å². The third-order valence-corrected chi connectivity index (χ3v) is 3.09. The van der Waals surface area contributed by atoms with E-state index >= 15 is 0 Å². The molecular formula is C20H24Cl2Co2O2-4. The summed E-state index contributed by atoms with van der Waals surface area (Å²) < 4.78 is 15.9. The quantitative estimate of drug-likeness (QED) is 0.337.